The van der Waals surface area contributed by atoms with Crippen LogP contribution in [0.5, 0.6) is 0 Å². The Bertz CT molecular complexity index is 263. The van der Waals surface area contributed by atoms with Gasteiger partial charge in [0.2, 0.25) is 5.91 Å². The molecule has 0 atom stereocenters. The number of aliphatic hydroxyl groups excluding tert-OH is 1. The van der Waals surface area contributed by atoms with E-state index in [0.717, 1.165) is 51.9 Å². The Kier molecular flexibility index (Phi) is 4.05. The fourth-order valence-corrected chi connectivity index (χ4v) is 3.14. The van der Waals surface area contributed by atoms with E-state index in [1.54, 1.807) is 0 Å². The number of hydrogen-bond donors (Lipinski definition) is 2. The predicted molar refractivity (Wildman–Crippen MR) is 66.6 cm³/mol. The molecule has 0 aliphatic carbocycles. The van der Waals surface area contributed by atoms with E-state index in [4.69, 9.17) is 5.11 Å². The van der Waals surface area contributed by atoms with Crippen molar-refractivity contribution in [2.75, 3.05) is 32.8 Å². The van der Waals surface area contributed by atoms with Gasteiger partial charge in [0.15, 0.2) is 0 Å². The van der Waals surface area contributed by atoms with Crippen molar-refractivity contribution in [3.05, 3.63) is 0 Å². The molecule has 0 unspecified atom stereocenters. The summed E-state index contributed by atoms with van der Waals surface area (Å²) in [5, 5.41) is 12.4. The van der Waals surface area contributed by atoms with E-state index in [2.05, 4.69) is 12.2 Å². The summed E-state index contributed by atoms with van der Waals surface area (Å²) in [7, 11) is 0. The van der Waals surface area contributed by atoms with Crippen molar-refractivity contribution in [1.82, 2.24) is 10.2 Å². The molecule has 4 heteroatoms. The van der Waals surface area contributed by atoms with Gasteiger partial charge >= 0.3 is 0 Å². The number of aliphatic hydroxyl groups is 1. The molecule has 0 aromatic heterocycles. The molecule has 2 rings (SSSR count). The molecule has 2 N–H and O–H groups in total. The van der Waals surface area contributed by atoms with Crippen LogP contribution >= 0.6 is 0 Å². The van der Waals surface area contributed by atoms with Gasteiger partial charge in [-0.2, -0.15) is 0 Å². The van der Waals surface area contributed by atoms with Crippen molar-refractivity contribution in [2.45, 2.75) is 32.6 Å². The number of piperidine rings is 1. The highest BCUT2D eigenvalue weighted by atomic mass is 16.3. The van der Waals surface area contributed by atoms with E-state index < -0.39 is 0 Å². The predicted octanol–water partition coefficient (Wildman–Crippen LogP) is 0.607. The maximum Gasteiger partial charge on any atom is 0.228 e. The summed E-state index contributed by atoms with van der Waals surface area (Å²) < 4.78 is 0. The van der Waals surface area contributed by atoms with E-state index in [0.29, 0.717) is 11.8 Å². The first-order valence-corrected chi connectivity index (χ1v) is 6.83. The largest absolute Gasteiger partial charge is 0.396 e. The van der Waals surface area contributed by atoms with Crippen LogP contribution in [0.2, 0.25) is 0 Å². The second-order valence-corrected chi connectivity index (χ2v) is 5.54. The first-order valence-electron chi connectivity index (χ1n) is 6.83. The molecule has 0 aromatic carbocycles. The van der Waals surface area contributed by atoms with Crippen molar-refractivity contribution in [3.63, 3.8) is 0 Å². The molecule has 4 nitrogen and oxygen atoms in total. The average Bonchev–Trinajstić information content (AvgIpc) is 2.29. The van der Waals surface area contributed by atoms with E-state index in [9.17, 15) is 4.79 Å². The van der Waals surface area contributed by atoms with E-state index in [1.807, 2.05) is 4.90 Å². The smallest absolute Gasteiger partial charge is 0.228 e. The number of likely N-dealkylation sites (tertiary alicyclic amines) is 1. The third kappa shape index (κ3) is 2.47. The van der Waals surface area contributed by atoms with Crippen molar-refractivity contribution in [2.24, 2.45) is 11.3 Å². The summed E-state index contributed by atoms with van der Waals surface area (Å²) in [6.07, 6.45) is 4.02. The zero-order valence-electron chi connectivity index (χ0n) is 10.7. The van der Waals surface area contributed by atoms with Gasteiger partial charge in [0.05, 0.1) is 5.41 Å². The summed E-state index contributed by atoms with van der Waals surface area (Å²) in [6, 6.07) is 0. The van der Waals surface area contributed by atoms with Gasteiger partial charge in [0.25, 0.3) is 0 Å². The van der Waals surface area contributed by atoms with Crippen molar-refractivity contribution in [1.29, 1.82) is 0 Å². The van der Waals surface area contributed by atoms with Crippen LogP contribution in [0.4, 0.5) is 0 Å². The summed E-state index contributed by atoms with van der Waals surface area (Å²) in [5.41, 5.74) is -0.111. The number of amides is 1. The lowest BCUT2D eigenvalue weighted by molar-refractivity contribution is -0.152. The van der Waals surface area contributed by atoms with Gasteiger partial charge < -0.3 is 15.3 Å². The Hall–Kier alpha value is -0.610. The molecule has 2 aliphatic heterocycles. The molecule has 2 aliphatic rings. The zero-order chi connectivity index (χ0) is 12.3. The van der Waals surface area contributed by atoms with Crippen LogP contribution in [-0.2, 0) is 4.79 Å². The lowest BCUT2D eigenvalue weighted by Gasteiger charge is -2.46. The lowest BCUT2D eigenvalue weighted by atomic mass is 9.73. The maximum absolute atomic E-state index is 12.6. The summed E-state index contributed by atoms with van der Waals surface area (Å²) >= 11 is 0. The molecule has 0 bridgehead atoms. The SMILES string of the molecule is CCCC1(C(=O)N2CC(CO)C2)CCNCC1. The maximum atomic E-state index is 12.6. The lowest BCUT2D eigenvalue weighted by Crippen LogP contribution is -2.58. The molecule has 0 aromatic rings. The number of carbonyl (C=O) groups is 1. The molecular weight excluding hydrogens is 216 g/mol. The minimum atomic E-state index is -0.111. The van der Waals surface area contributed by atoms with Gasteiger partial charge in [-0.05, 0) is 32.4 Å². The van der Waals surface area contributed by atoms with Crippen LogP contribution in [0, 0.1) is 11.3 Å². The number of nitrogens with zero attached hydrogens (tertiary/aromatic N) is 1. The van der Waals surface area contributed by atoms with Crippen LogP contribution in [0.3, 0.4) is 0 Å². The molecule has 2 saturated heterocycles. The van der Waals surface area contributed by atoms with Gasteiger partial charge in [0.1, 0.15) is 0 Å². The Balaban J connectivity index is 1.98. The van der Waals surface area contributed by atoms with Crippen LogP contribution in [0.25, 0.3) is 0 Å². The molecule has 0 radical (unpaired) electrons. The van der Waals surface area contributed by atoms with Gasteiger partial charge in [-0.1, -0.05) is 13.3 Å². The van der Waals surface area contributed by atoms with E-state index >= 15 is 0 Å². The summed E-state index contributed by atoms with van der Waals surface area (Å²) in [5.74, 6) is 0.657. The first-order chi connectivity index (χ1) is 8.22. The monoisotopic (exact) mass is 240 g/mol. The Morgan fingerprint density at radius 2 is 2.06 bits per heavy atom. The Morgan fingerprint density at radius 3 is 2.59 bits per heavy atom. The highest BCUT2D eigenvalue weighted by Gasteiger charge is 2.44. The number of nitrogens with one attached hydrogen (secondary N) is 1. The normalized spacial score (nSPS) is 24.5. The molecular formula is C13H24N2O2. The topological polar surface area (TPSA) is 52.6 Å². The number of hydrogen-bond acceptors (Lipinski definition) is 3. The highest BCUT2D eigenvalue weighted by molar-refractivity contribution is 5.83. The van der Waals surface area contributed by atoms with Crippen LogP contribution < -0.4 is 5.32 Å². The van der Waals surface area contributed by atoms with E-state index in [1.165, 1.54) is 0 Å². The van der Waals surface area contributed by atoms with Crippen LogP contribution in [0.15, 0.2) is 0 Å². The number of rotatable bonds is 4. The molecule has 17 heavy (non-hydrogen) atoms. The van der Waals surface area contributed by atoms with Gasteiger partial charge in [-0.3, -0.25) is 4.79 Å². The second kappa shape index (κ2) is 5.36. The summed E-state index contributed by atoms with van der Waals surface area (Å²) in [4.78, 5) is 14.5. The van der Waals surface area contributed by atoms with Gasteiger partial charge in [-0.25, -0.2) is 0 Å². The summed E-state index contributed by atoms with van der Waals surface area (Å²) in [6.45, 7) is 5.81. The Labute approximate surface area is 103 Å². The van der Waals surface area contributed by atoms with Crippen molar-refractivity contribution in [3.8, 4) is 0 Å². The third-order valence-electron chi connectivity index (χ3n) is 4.25. The van der Waals surface area contributed by atoms with Gasteiger partial charge in [-0.15, -0.1) is 0 Å². The van der Waals surface area contributed by atoms with E-state index in [-0.39, 0.29) is 12.0 Å². The average molecular weight is 240 g/mol. The van der Waals surface area contributed by atoms with Crippen molar-refractivity contribution >= 4 is 5.91 Å². The molecule has 1 amide bonds. The fraction of sp³-hybridized carbons (Fsp3) is 0.923. The Morgan fingerprint density at radius 1 is 1.41 bits per heavy atom. The minimum Gasteiger partial charge on any atom is -0.396 e. The van der Waals surface area contributed by atoms with Crippen LogP contribution in [0.1, 0.15) is 32.6 Å². The quantitative estimate of drug-likeness (QED) is 0.757. The standard InChI is InChI=1S/C13H24N2O2/c1-2-3-13(4-6-14-7-5-13)12(17)15-8-11(9-15)10-16/h11,14,16H,2-10H2,1H3. The zero-order valence-corrected chi connectivity index (χ0v) is 10.7. The minimum absolute atomic E-state index is 0.111. The third-order valence-corrected chi connectivity index (χ3v) is 4.25. The molecule has 2 heterocycles. The molecule has 0 spiro atoms. The number of carbonyl (C=O) groups excluding carboxylic acids is 1. The molecule has 2 fully saturated rings. The van der Waals surface area contributed by atoms with Crippen molar-refractivity contribution < 1.29 is 9.90 Å². The highest BCUT2D eigenvalue weighted by Crippen LogP contribution is 2.37. The first kappa shape index (κ1) is 12.8. The second-order valence-electron chi connectivity index (χ2n) is 5.54. The van der Waals surface area contributed by atoms with Crippen LogP contribution in [-0.4, -0.2) is 48.7 Å². The molecule has 98 valence electrons. The van der Waals surface area contributed by atoms with Gasteiger partial charge in [0, 0.05) is 25.6 Å². The fourth-order valence-electron chi connectivity index (χ4n) is 3.14. The molecule has 0 saturated carbocycles.